The molecule has 32 heavy (non-hydrogen) atoms. The van der Waals surface area contributed by atoms with Gasteiger partial charge in [-0.05, 0) is 6.92 Å². The van der Waals surface area contributed by atoms with Gasteiger partial charge in [0.15, 0.2) is 11.2 Å². The Labute approximate surface area is 185 Å². The van der Waals surface area contributed by atoms with Crippen molar-refractivity contribution in [3.8, 4) is 0 Å². The quantitative estimate of drug-likeness (QED) is 0.184. The zero-order valence-corrected chi connectivity index (χ0v) is 18.2. The van der Waals surface area contributed by atoms with E-state index in [2.05, 4.69) is 15.6 Å². The van der Waals surface area contributed by atoms with Crippen LogP contribution in [0.3, 0.4) is 0 Å². The first-order chi connectivity index (χ1) is 14.9. The fourth-order valence-electron chi connectivity index (χ4n) is 3.04. The van der Waals surface area contributed by atoms with E-state index in [1.807, 2.05) is 0 Å². The number of imide groups is 1. The van der Waals surface area contributed by atoms with Gasteiger partial charge >= 0.3 is 28.1 Å². The van der Waals surface area contributed by atoms with Gasteiger partial charge < -0.3 is 21.3 Å². The van der Waals surface area contributed by atoms with Crippen molar-refractivity contribution in [2.24, 2.45) is 0 Å². The van der Waals surface area contributed by atoms with Gasteiger partial charge in [-0.1, -0.05) is 0 Å². The molecule has 1 aromatic heterocycles. The predicted molar refractivity (Wildman–Crippen MR) is 107 cm³/mol. The molecule has 2 aliphatic rings. The van der Waals surface area contributed by atoms with Gasteiger partial charge in [-0.3, -0.25) is 28.6 Å². The molecule has 2 unspecified atom stereocenters. The van der Waals surface area contributed by atoms with E-state index in [1.54, 1.807) is 6.92 Å². The molecule has 17 heteroatoms. The third-order valence-corrected chi connectivity index (χ3v) is 6.37. The highest BCUT2D eigenvalue weighted by atomic mass is 32.2. The maximum Gasteiger partial charge on any atom is 0.362 e. The smallest absolute Gasteiger partial charge is 0.362 e. The lowest BCUT2D eigenvalue weighted by molar-refractivity contribution is -0.153. The average Bonchev–Trinajstić information content (AvgIpc) is 3.15. The number of β-lactam (4-membered cyclic amide) rings is 1. The van der Waals surface area contributed by atoms with E-state index in [0.29, 0.717) is 11.4 Å². The molecule has 3 heterocycles. The number of nitrogens with zero attached hydrogens (tertiary/aromatic N) is 4. The summed E-state index contributed by atoms with van der Waals surface area (Å²) in [5.74, 6) is -3.94. The number of nitrogens with one attached hydrogen (secondary N) is 2. The number of anilines is 1. The van der Waals surface area contributed by atoms with Crippen LogP contribution in [-0.2, 0) is 29.5 Å². The normalized spacial score (nSPS) is 20.1. The molecule has 0 spiro atoms. The number of nitrogen functional groups attached to an aromatic ring is 1. The van der Waals surface area contributed by atoms with E-state index in [-0.39, 0.29) is 28.2 Å². The van der Waals surface area contributed by atoms with Gasteiger partial charge in [-0.2, -0.15) is 8.42 Å². The molecule has 0 bridgehead atoms. The highest BCUT2D eigenvalue weighted by Gasteiger charge is 2.45. The second kappa shape index (κ2) is 8.67. The van der Waals surface area contributed by atoms with Crippen molar-refractivity contribution in [2.45, 2.75) is 19.0 Å². The highest BCUT2D eigenvalue weighted by molar-refractivity contribution is 7.84. The number of carbonyl (C=O) groups is 5. The molecule has 2 atom stereocenters. The standard InChI is InChI=1S/C15H19N7O8S2/c1-2-20-3-4-21(13(26)12(20)25)15(27)19-9(8-6-31-14(16)18-8)10(23)17-7-5-22(11(7)24)32(28,29)30/h6-7,9H,2-5H2,1H3,(H2,16,18)(H,17,23)(H,19,27)(H,28,29,30). The molecule has 0 radical (unpaired) electrons. The first kappa shape index (κ1) is 23.4. The maximum absolute atomic E-state index is 12.8. The van der Waals surface area contributed by atoms with Crippen molar-refractivity contribution in [1.29, 1.82) is 0 Å². The van der Waals surface area contributed by atoms with Crippen molar-refractivity contribution in [1.82, 2.24) is 29.7 Å². The second-order valence-corrected chi connectivity index (χ2v) is 8.97. The molecule has 6 amide bonds. The summed E-state index contributed by atoms with van der Waals surface area (Å²) >= 11 is 0.966. The van der Waals surface area contributed by atoms with E-state index in [1.165, 1.54) is 10.3 Å². The van der Waals surface area contributed by atoms with Crippen LogP contribution in [0.15, 0.2) is 5.38 Å². The number of thiazole rings is 1. The van der Waals surface area contributed by atoms with Crippen molar-refractivity contribution < 1.29 is 36.9 Å². The molecule has 0 saturated carbocycles. The molecule has 1 aromatic rings. The fraction of sp³-hybridized carbons (Fsp3) is 0.467. The number of likely N-dealkylation sites (N-methyl/N-ethyl adjacent to an activating group) is 1. The molecule has 0 aromatic carbocycles. The van der Waals surface area contributed by atoms with E-state index in [4.69, 9.17) is 10.3 Å². The number of piperazine rings is 1. The Bertz CT molecular complexity index is 1090. The van der Waals surface area contributed by atoms with Crippen molar-refractivity contribution in [3.05, 3.63) is 11.1 Å². The largest absolute Gasteiger partial charge is 0.375 e. The summed E-state index contributed by atoms with van der Waals surface area (Å²) in [5, 5.41) is 5.98. The summed E-state index contributed by atoms with van der Waals surface area (Å²) in [4.78, 5) is 67.4. The van der Waals surface area contributed by atoms with Gasteiger partial charge in [-0.25, -0.2) is 14.1 Å². The van der Waals surface area contributed by atoms with Crippen LogP contribution < -0.4 is 16.4 Å². The van der Waals surface area contributed by atoms with Crippen LogP contribution in [0.2, 0.25) is 0 Å². The molecule has 2 aliphatic heterocycles. The van der Waals surface area contributed by atoms with Crippen LogP contribution in [0.25, 0.3) is 0 Å². The number of urea groups is 1. The molecule has 0 aliphatic carbocycles. The molecule has 3 rings (SSSR count). The monoisotopic (exact) mass is 489 g/mol. The van der Waals surface area contributed by atoms with Crippen molar-refractivity contribution in [3.63, 3.8) is 0 Å². The Kier molecular flexibility index (Phi) is 6.33. The number of rotatable bonds is 6. The second-order valence-electron chi connectivity index (χ2n) is 6.74. The number of hydrogen-bond donors (Lipinski definition) is 4. The molecule has 5 N–H and O–H groups in total. The minimum absolute atomic E-state index is 0.00253. The molecule has 2 saturated heterocycles. The van der Waals surface area contributed by atoms with Gasteiger partial charge in [0.05, 0.1) is 12.2 Å². The van der Waals surface area contributed by atoms with Gasteiger partial charge in [0.25, 0.3) is 5.91 Å². The van der Waals surface area contributed by atoms with E-state index >= 15 is 0 Å². The third-order valence-electron chi connectivity index (χ3n) is 4.79. The van der Waals surface area contributed by atoms with Gasteiger partial charge in [0.2, 0.25) is 5.91 Å². The number of hydrogen-bond acceptors (Lipinski definition) is 10. The number of carbonyl (C=O) groups excluding carboxylic acids is 5. The Balaban J connectivity index is 1.74. The Morgan fingerprint density at radius 3 is 2.53 bits per heavy atom. The minimum atomic E-state index is -4.75. The number of nitrogens with two attached hydrogens (primary N) is 1. The van der Waals surface area contributed by atoms with Crippen molar-refractivity contribution in [2.75, 3.05) is 31.9 Å². The predicted octanol–water partition coefficient (Wildman–Crippen LogP) is -2.70. The van der Waals surface area contributed by atoms with E-state index in [9.17, 15) is 32.4 Å². The Morgan fingerprint density at radius 1 is 1.31 bits per heavy atom. The summed E-state index contributed by atoms with van der Waals surface area (Å²) in [6.45, 7) is 1.49. The summed E-state index contributed by atoms with van der Waals surface area (Å²) in [6.07, 6.45) is 0. The van der Waals surface area contributed by atoms with E-state index in [0.717, 1.165) is 11.3 Å². The topological polar surface area (TPSA) is 212 Å². The average molecular weight is 489 g/mol. The zero-order chi connectivity index (χ0) is 23.8. The Morgan fingerprint density at radius 2 is 2.00 bits per heavy atom. The van der Waals surface area contributed by atoms with Gasteiger partial charge in [0, 0.05) is 25.0 Å². The van der Waals surface area contributed by atoms with Crippen LogP contribution in [0.4, 0.5) is 9.93 Å². The first-order valence-corrected chi connectivity index (χ1v) is 11.4. The SMILES string of the molecule is CCN1CCN(C(=O)NC(C(=O)NC2CN(S(=O)(=O)O)C2=O)c2csc(N)n2)C(=O)C1=O. The lowest BCUT2D eigenvalue weighted by Gasteiger charge is -2.36. The summed E-state index contributed by atoms with van der Waals surface area (Å²) < 4.78 is 31.1. The summed E-state index contributed by atoms with van der Waals surface area (Å²) in [6, 6.07) is -3.81. The zero-order valence-electron chi connectivity index (χ0n) is 16.5. The van der Waals surface area contributed by atoms with Crippen LogP contribution in [0, 0.1) is 0 Å². The Hall–Kier alpha value is -3.31. The fourth-order valence-corrected chi connectivity index (χ4v) is 4.32. The molecule has 2 fully saturated rings. The van der Waals surface area contributed by atoms with Crippen LogP contribution in [0.5, 0.6) is 0 Å². The van der Waals surface area contributed by atoms with Crippen LogP contribution >= 0.6 is 11.3 Å². The van der Waals surface area contributed by atoms with Crippen LogP contribution in [0.1, 0.15) is 18.7 Å². The summed E-state index contributed by atoms with van der Waals surface area (Å²) in [5.41, 5.74) is 5.58. The molecule has 174 valence electrons. The van der Waals surface area contributed by atoms with Crippen molar-refractivity contribution >= 4 is 56.4 Å². The third kappa shape index (κ3) is 4.48. The molecule has 15 nitrogen and oxygen atoms in total. The molecular weight excluding hydrogens is 470 g/mol. The number of aromatic nitrogens is 1. The maximum atomic E-state index is 12.8. The highest BCUT2D eigenvalue weighted by Crippen LogP contribution is 2.21. The lowest BCUT2D eigenvalue weighted by atomic mass is 10.1. The lowest BCUT2D eigenvalue weighted by Crippen LogP contribution is -2.66. The minimum Gasteiger partial charge on any atom is -0.375 e. The van der Waals surface area contributed by atoms with Gasteiger partial charge in [0.1, 0.15) is 6.04 Å². The first-order valence-electron chi connectivity index (χ1n) is 9.15. The number of amides is 6. The van der Waals surface area contributed by atoms with E-state index < -0.39 is 58.6 Å². The summed E-state index contributed by atoms with van der Waals surface area (Å²) in [7, 11) is -4.75. The molecular formula is C15H19N7O8S2. The van der Waals surface area contributed by atoms with Crippen LogP contribution in [-0.4, -0.2) is 93.9 Å². The van der Waals surface area contributed by atoms with Gasteiger partial charge in [-0.15, -0.1) is 11.3 Å².